The summed E-state index contributed by atoms with van der Waals surface area (Å²) in [5, 5.41) is 5.04. The van der Waals surface area contributed by atoms with E-state index in [1.54, 1.807) is 14.2 Å². The molecule has 8 heteroatoms. The predicted molar refractivity (Wildman–Crippen MR) is 125 cm³/mol. The fraction of sp³-hybridized carbons (Fsp3) is 0.423. The summed E-state index contributed by atoms with van der Waals surface area (Å²) in [5.41, 5.74) is 2.82. The van der Waals surface area contributed by atoms with Crippen LogP contribution < -0.4 is 9.47 Å². The first-order valence-corrected chi connectivity index (χ1v) is 12.0. The van der Waals surface area contributed by atoms with E-state index >= 15 is 0 Å². The molecule has 176 valence electrons. The first-order valence-electron chi connectivity index (χ1n) is 11.6. The van der Waals surface area contributed by atoms with Gasteiger partial charge >= 0.3 is 0 Å². The molecule has 3 fully saturated rings. The van der Waals surface area contributed by atoms with Crippen LogP contribution in [0, 0.1) is 29.6 Å². The number of hydrogen-bond acceptors (Lipinski definition) is 6. The molecule has 2 aromatic rings. The van der Waals surface area contributed by atoms with Crippen LogP contribution in [0.2, 0.25) is 5.02 Å². The van der Waals surface area contributed by atoms with Crippen molar-refractivity contribution in [3.05, 3.63) is 58.6 Å². The van der Waals surface area contributed by atoms with Crippen molar-refractivity contribution in [3.8, 4) is 11.5 Å². The molecule has 0 unspecified atom stereocenters. The van der Waals surface area contributed by atoms with Crippen molar-refractivity contribution in [2.24, 2.45) is 34.7 Å². The zero-order chi connectivity index (χ0) is 23.6. The molecule has 2 aromatic carbocycles. The van der Waals surface area contributed by atoms with Crippen LogP contribution in [0.3, 0.4) is 0 Å². The number of imide groups is 1. The molecule has 2 heterocycles. The summed E-state index contributed by atoms with van der Waals surface area (Å²) in [6.45, 7) is 0.355. The highest BCUT2D eigenvalue weighted by molar-refractivity contribution is 6.30. The van der Waals surface area contributed by atoms with E-state index in [0.717, 1.165) is 23.3 Å². The molecule has 7 nitrogen and oxygen atoms in total. The molecule has 4 aliphatic rings. The van der Waals surface area contributed by atoms with Crippen LogP contribution in [-0.2, 0) is 20.8 Å². The Morgan fingerprint density at radius 1 is 0.971 bits per heavy atom. The number of nitrogens with zero attached hydrogens (tertiary/aromatic N) is 2. The van der Waals surface area contributed by atoms with Gasteiger partial charge in [0.1, 0.15) is 6.10 Å². The standard InChI is InChI=1S/C26H25ClN2O5/c1-32-18-8-3-13(11-19(18)33-2)9-10-29-25(30)20-16-12-17(21(20)26(29)31)24-22(16)23(28-34-24)14-4-6-15(27)7-5-14/h3-8,11,16-17,20-22,24H,9-10,12H2,1-2H3/t16-,17+,20+,21-,22+,24+/m1/s1. The molecule has 1 saturated heterocycles. The van der Waals surface area contributed by atoms with Crippen molar-refractivity contribution in [2.75, 3.05) is 20.8 Å². The van der Waals surface area contributed by atoms with Crippen LogP contribution in [0.1, 0.15) is 17.5 Å². The van der Waals surface area contributed by atoms with E-state index in [4.69, 9.17) is 25.9 Å². The summed E-state index contributed by atoms with van der Waals surface area (Å²) in [5.74, 6) is 0.704. The van der Waals surface area contributed by atoms with Gasteiger partial charge in [-0.2, -0.15) is 0 Å². The molecule has 2 aliphatic heterocycles. The smallest absolute Gasteiger partial charge is 0.233 e. The predicted octanol–water partition coefficient (Wildman–Crippen LogP) is 3.57. The maximum atomic E-state index is 13.5. The van der Waals surface area contributed by atoms with E-state index < -0.39 is 0 Å². The van der Waals surface area contributed by atoms with Crippen LogP contribution in [0.5, 0.6) is 11.5 Å². The lowest BCUT2D eigenvalue weighted by molar-refractivity contribution is -0.140. The highest BCUT2D eigenvalue weighted by Crippen LogP contribution is 2.61. The van der Waals surface area contributed by atoms with E-state index in [2.05, 4.69) is 5.16 Å². The quantitative estimate of drug-likeness (QED) is 0.591. The van der Waals surface area contributed by atoms with Crippen molar-refractivity contribution in [2.45, 2.75) is 18.9 Å². The fourth-order valence-corrected chi connectivity index (χ4v) is 6.67. The zero-order valence-electron chi connectivity index (χ0n) is 18.9. The number of methoxy groups -OCH3 is 2. The minimum Gasteiger partial charge on any atom is -0.493 e. The third kappa shape index (κ3) is 3.06. The number of hydrogen-bond donors (Lipinski definition) is 0. The minimum absolute atomic E-state index is 0.0241. The Labute approximate surface area is 202 Å². The lowest BCUT2D eigenvalue weighted by atomic mass is 9.71. The normalized spacial score (nSPS) is 30.8. The minimum atomic E-state index is -0.302. The maximum Gasteiger partial charge on any atom is 0.233 e. The zero-order valence-corrected chi connectivity index (χ0v) is 19.7. The summed E-state index contributed by atoms with van der Waals surface area (Å²) in [6, 6.07) is 13.2. The summed E-state index contributed by atoms with van der Waals surface area (Å²) in [7, 11) is 3.18. The molecule has 6 atom stereocenters. The molecule has 0 spiro atoms. The van der Waals surface area contributed by atoms with Gasteiger partial charge in [0.2, 0.25) is 11.8 Å². The van der Waals surface area contributed by atoms with Gasteiger partial charge in [-0.1, -0.05) is 35.0 Å². The lowest BCUT2D eigenvalue weighted by Gasteiger charge is -2.29. The topological polar surface area (TPSA) is 77.4 Å². The van der Waals surface area contributed by atoms with Gasteiger partial charge in [-0.15, -0.1) is 0 Å². The van der Waals surface area contributed by atoms with Gasteiger partial charge in [-0.3, -0.25) is 14.5 Å². The van der Waals surface area contributed by atoms with Crippen LogP contribution in [0.15, 0.2) is 47.6 Å². The maximum absolute atomic E-state index is 13.5. The van der Waals surface area contributed by atoms with Gasteiger partial charge in [-0.05, 0) is 54.2 Å². The molecule has 2 saturated carbocycles. The average molecular weight is 481 g/mol. The van der Waals surface area contributed by atoms with E-state index in [9.17, 15) is 9.59 Å². The summed E-state index contributed by atoms with van der Waals surface area (Å²) >= 11 is 6.05. The van der Waals surface area contributed by atoms with Crippen molar-refractivity contribution >= 4 is 29.1 Å². The summed E-state index contributed by atoms with van der Waals surface area (Å²) < 4.78 is 10.7. The third-order valence-electron chi connectivity index (χ3n) is 7.99. The third-order valence-corrected chi connectivity index (χ3v) is 8.25. The molecule has 0 radical (unpaired) electrons. The number of carbonyl (C=O) groups excluding carboxylic acids is 2. The average Bonchev–Trinajstić information content (AvgIpc) is 3.59. The second kappa shape index (κ2) is 8.01. The number of rotatable bonds is 6. The number of ether oxygens (including phenoxy) is 2. The molecular formula is C26H25ClN2O5. The number of benzene rings is 2. The highest BCUT2D eigenvalue weighted by atomic mass is 35.5. The number of fused-ring (bicyclic) bond motifs is 8. The van der Waals surface area contributed by atoms with E-state index in [0.29, 0.717) is 29.5 Å². The lowest BCUT2D eigenvalue weighted by Crippen LogP contribution is -2.41. The van der Waals surface area contributed by atoms with E-state index in [1.807, 2.05) is 42.5 Å². The Kier molecular flexibility index (Phi) is 5.06. The molecule has 2 amide bonds. The molecular weight excluding hydrogens is 456 g/mol. The van der Waals surface area contributed by atoms with Crippen LogP contribution in [0.4, 0.5) is 0 Å². The second-order valence-electron chi connectivity index (χ2n) is 9.46. The molecule has 0 N–H and O–H groups in total. The Balaban J connectivity index is 1.20. The van der Waals surface area contributed by atoms with Gasteiger partial charge in [0.25, 0.3) is 0 Å². The molecule has 2 aliphatic carbocycles. The summed E-state index contributed by atoms with van der Waals surface area (Å²) in [4.78, 5) is 34.2. The van der Waals surface area contributed by atoms with Gasteiger partial charge in [-0.25, -0.2) is 0 Å². The van der Waals surface area contributed by atoms with Crippen LogP contribution in [0.25, 0.3) is 0 Å². The van der Waals surface area contributed by atoms with Crippen molar-refractivity contribution in [1.82, 2.24) is 4.90 Å². The Morgan fingerprint density at radius 3 is 2.38 bits per heavy atom. The van der Waals surface area contributed by atoms with E-state index in [1.165, 1.54) is 4.90 Å². The molecule has 0 aromatic heterocycles. The molecule has 34 heavy (non-hydrogen) atoms. The van der Waals surface area contributed by atoms with Crippen LogP contribution in [-0.4, -0.2) is 49.3 Å². The Morgan fingerprint density at radius 2 is 1.68 bits per heavy atom. The number of carbonyl (C=O) groups is 2. The van der Waals surface area contributed by atoms with Gasteiger partial charge in [0, 0.05) is 23.4 Å². The van der Waals surface area contributed by atoms with Gasteiger partial charge in [0.15, 0.2) is 11.5 Å². The number of oxime groups is 1. The van der Waals surface area contributed by atoms with Crippen molar-refractivity contribution in [1.29, 1.82) is 0 Å². The molecule has 6 rings (SSSR count). The fourth-order valence-electron chi connectivity index (χ4n) is 6.54. The van der Waals surface area contributed by atoms with Crippen LogP contribution >= 0.6 is 11.6 Å². The summed E-state index contributed by atoms with van der Waals surface area (Å²) in [6.07, 6.45) is 1.26. The largest absolute Gasteiger partial charge is 0.493 e. The first kappa shape index (κ1) is 21.5. The van der Waals surface area contributed by atoms with Crippen molar-refractivity contribution < 1.29 is 23.9 Å². The molecule has 2 bridgehead atoms. The second-order valence-corrected chi connectivity index (χ2v) is 9.90. The Hall–Kier alpha value is -3.06. The van der Waals surface area contributed by atoms with Gasteiger partial charge < -0.3 is 14.3 Å². The SMILES string of the molecule is COc1ccc(CCN2C(=O)[C@@H]3[C@@H]4C[C@@H]([C@H]5C(c6ccc(Cl)cc6)=NO[C@@H]45)[C@@H]3C2=O)cc1OC. The first-order chi connectivity index (χ1) is 16.5. The highest BCUT2D eigenvalue weighted by Gasteiger charge is 2.70. The number of amides is 2. The number of likely N-dealkylation sites (tertiary alicyclic amines) is 1. The number of halogens is 1. The monoisotopic (exact) mass is 480 g/mol. The van der Waals surface area contributed by atoms with E-state index in [-0.39, 0.29) is 47.5 Å². The van der Waals surface area contributed by atoms with Gasteiger partial charge in [0.05, 0.1) is 31.8 Å². The van der Waals surface area contributed by atoms with Crippen molar-refractivity contribution in [3.63, 3.8) is 0 Å². The Bertz CT molecular complexity index is 1200.